The summed E-state index contributed by atoms with van der Waals surface area (Å²) in [6, 6.07) is 0. The van der Waals surface area contributed by atoms with Crippen LogP contribution < -0.4 is 113 Å². The van der Waals surface area contributed by atoms with Gasteiger partial charge in [-0.05, 0) is 13.1 Å². The van der Waals surface area contributed by atoms with E-state index in [1.54, 1.807) is 12.5 Å². The average Bonchev–Trinajstić information content (AvgIpc) is 2.64. The van der Waals surface area contributed by atoms with Crippen molar-refractivity contribution < 1.29 is 127 Å². The largest absolute Gasteiger partial charge is 1.00 e. The van der Waals surface area contributed by atoms with Gasteiger partial charge in [0.15, 0.2) is 5.69 Å². The third-order valence-corrected chi connectivity index (χ3v) is 1.39. The maximum absolute atomic E-state index is 10.8. The Morgan fingerprint density at radius 2 is 1.88 bits per heavy atom. The number of carbonyl (C=O) groups is 2. The van der Waals surface area contributed by atoms with Gasteiger partial charge in [0.1, 0.15) is 0 Å². The molecule has 0 unspecified atom stereocenters. The van der Waals surface area contributed by atoms with Crippen molar-refractivity contribution in [1.29, 1.82) is 0 Å². The third-order valence-electron chi connectivity index (χ3n) is 1.39. The molecular weight excluding hydrogens is 282 g/mol. The summed E-state index contributed by atoms with van der Waals surface area (Å²) in [7, 11) is 1.34. The Labute approximate surface area is 184 Å². The summed E-state index contributed by atoms with van der Waals surface area (Å²) in [5.74, 6) is -0.391. The Bertz CT molecular complexity index is 338. The fourth-order valence-corrected chi connectivity index (χ4v) is 0.743. The molecule has 84 valence electrons. The van der Waals surface area contributed by atoms with Crippen LogP contribution in [0.1, 0.15) is 17.4 Å². The number of imidazole rings is 1. The van der Waals surface area contributed by atoms with Gasteiger partial charge in [0, 0.05) is 12.7 Å². The van der Waals surface area contributed by atoms with Crippen LogP contribution in [0.4, 0.5) is 4.79 Å². The van der Waals surface area contributed by atoms with Gasteiger partial charge in [0.05, 0.1) is 13.4 Å². The molecule has 0 radical (unpaired) electrons. The standard InChI is InChI=1S/C7H10N2O2.CH2O3.2K/c1-3-9-4-6(8-5-9)7(10)11-2;2-1(3)4;;/h4-5H,3H2,1-2H3;(H2,2,3,4);;/q;;2*+1/p-2. The molecule has 0 saturated heterocycles. The number of ether oxygens (including phenoxy) is 1. The van der Waals surface area contributed by atoms with Gasteiger partial charge in [-0.1, -0.05) is 0 Å². The monoisotopic (exact) mass is 292 g/mol. The number of carbonyl (C=O) groups excluding carboxylic acids is 2. The van der Waals surface area contributed by atoms with Crippen molar-refractivity contribution in [2.75, 3.05) is 7.11 Å². The van der Waals surface area contributed by atoms with Gasteiger partial charge in [-0.3, -0.25) is 0 Å². The van der Waals surface area contributed by atoms with E-state index in [1.165, 1.54) is 7.11 Å². The minimum absolute atomic E-state index is 0. The fraction of sp³-hybridized carbons (Fsp3) is 0.375. The smallest absolute Gasteiger partial charge is 0.652 e. The van der Waals surface area contributed by atoms with Crippen molar-refractivity contribution in [3.05, 3.63) is 18.2 Å². The molecule has 0 aliphatic carbocycles. The van der Waals surface area contributed by atoms with Crippen molar-refractivity contribution in [2.45, 2.75) is 13.5 Å². The predicted molar refractivity (Wildman–Crippen MR) is 44.6 cm³/mol. The first-order valence-corrected chi connectivity index (χ1v) is 3.99. The van der Waals surface area contributed by atoms with Crippen LogP contribution in [0.25, 0.3) is 0 Å². The average molecular weight is 292 g/mol. The van der Waals surface area contributed by atoms with Crippen molar-refractivity contribution in [1.82, 2.24) is 9.55 Å². The number of aryl methyl sites for hydroxylation is 1. The quantitative estimate of drug-likeness (QED) is 0.396. The second kappa shape index (κ2) is 13.6. The number of methoxy groups -OCH3 is 1. The minimum atomic E-state index is -2.33. The molecule has 0 aromatic carbocycles. The molecule has 0 aliphatic rings. The van der Waals surface area contributed by atoms with Crippen molar-refractivity contribution in [3.63, 3.8) is 0 Å². The topological polar surface area (TPSA) is 107 Å². The second-order valence-electron chi connectivity index (χ2n) is 2.33. The minimum Gasteiger partial charge on any atom is -0.652 e. The van der Waals surface area contributed by atoms with Gasteiger partial charge >= 0.3 is 109 Å². The zero-order valence-electron chi connectivity index (χ0n) is 10.3. The molecule has 0 bridgehead atoms. The van der Waals surface area contributed by atoms with Gasteiger partial charge in [0.2, 0.25) is 0 Å². The number of hydrogen-bond donors (Lipinski definition) is 0. The summed E-state index contributed by atoms with van der Waals surface area (Å²) in [5, 5.41) is 16.7. The second-order valence-corrected chi connectivity index (χ2v) is 2.33. The first-order valence-electron chi connectivity index (χ1n) is 3.99. The van der Waals surface area contributed by atoms with E-state index >= 15 is 0 Å². The third kappa shape index (κ3) is 12.0. The first kappa shape index (κ1) is 23.3. The summed E-state index contributed by atoms with van der Waals surface area (Å²) in [5.41, 5.74) is 0.356. The zero-order chi connectivity index (χ0) is 11.8. The van der Waals surface area contributed by atoms with Gasteiger partial charge in [-0.2, -0.15) is 0 Å². The Morgan fingerprint density at radius 3 is 2.18 bits per heavy atom. The van der Waals surface area contributed by atoms with Crippen LogP contribution in [0.15, 0.2) is 12.5 Å². The number of aromatic nitrogens is 2. The molecular formula is C8H10K2N2O5. The number of esters is 1. The van der Waals surface area contributed by atoms with E-state index in [-0.39, 0.29) is 103 Å². The van der Waals surface area contributed by atoms with Crippen LogP contribution in [0, 0.1) is 0 Å². The molecule has 17 heavy (non-hydrogen) atoms. The molecule has 0 aliphatic heterocycles. The van der Waals surface area contributed by atoms with Gasteiger partial charge in [-0.25, -0.2) is 9.78 Å². The SMILES string of the molecule is CCn1cnc(C(=O)OC)c1.O=C([O-])[O-].[K+].[K+]. The van der Waals surface area contributed by atoms with Crippen LogP contribution in [0.2, 0.25) is 0 Å². The molecule has 0 N–H and O–H groups in total. The molecule has 1 aromatic heterocycles. The molecule has 1 rings (SSSR count). The molecule has 1 aromatic rings. The van der Waals surface area contributed by atoms with Crippen molar-refractivity contribution in [2.24, 2.45) is 0 Å². The van der Waals surface area contributed by atoms with E-state index in [1.807, 2.05) is 11.5 Å². The maximum atomic E-state index is 10.8. The van der Waals surface area contributed by atoms with E-state index in [2.05, 4.69) is 9.72 Å². The Balaban J connectivity index is -0.000000289. The summed E-state index contributed by atoms with van der Waals surface area (Å²) in [6.07, 6.45) is 0.929. The van der Waals surface area contributed by atoms with E-state index in [0.29, 0.717) is 5.69 Å². The molecule has 0 saturated carbocycles. The van der Waals surface area contributed by atoms with E-state index < -0.39 is 12.1 Å². The molecule has 1 heterocycles. The van der Waals surface area contributed by atoms with Crippen LogP contribution in [-0.4, -0.2) is 28.8 Å². The van der Waals surface area contributed by atoms with Gasteiger partial charge in [-0.15, -0.1) is 0 Å². The summed E-state index contributed by atoms with van der Waals surface area (Å²) in [4.78, 5) is 23.0. The first-order chi connectivity index (χ1) is 7.01. The van der Waals surface area contributed by atoms with E-state index in [4.69, 9.17) is 15.0 Å². The number of nitrogens with zero attached hydrogens (tertiary/aromatic N) is 2. The summed E-state index contributed by atoms with van der Waals surface area (Å²) < 4.78 is 6.29. The molecule has 0 fully saturated rings. The molecule has 0 spiro atoms. The number of hydrogen-bond acceptors (Lipinski definition) is 6. The van der Waals surface area contributed by atoms with Crippen LogP contribution in [0.5, 0.6) is 0 Å². The molecule has 9 heteroatoms. The fourth-order valence-electron chi connectivity index (χ4n) is 0.743. The molecule has 0 amide bonds. The Hall–Kier alpha value is 1.22. The maximum Gasteiger partial charge on any atom is 1.00 e. The molecule has 7 nitrogen and oxygen atoms in total. The van der Waals surface area contributed by atoms with Crippen molar-refractivity contribution >= 4 is 12.1 Å². The normalized spacial score (nSPS) is 7.65. The predicted octanol–water partition coefficient (Wildman–Crippen LogP) is -7.75. The van der Waals surface area contributed by atoms with Gasteiger partial charge < -0.3 is 24.3 Å². The van der Waals surface area contributed by atoms with Gasteiger partial charge in [0.25, 0.3) is 0 Å². The zero-order valence-corrected chi connectivity index (χ0v) is 16.5. The van der Waals surface area contributed by atoms with E-state index in [9.17, 15) is 4.79 Å². The Kier molecular flexibility index (Phi) is 18.7. The van der Waals surface area contributed by atoms with E-state index in [0.717, 1.165) is 6.54 Å². The Morgan fingerprint density at radius 1 is 1.41 bits per heavy atom. The van der Waals surface area contributed by atoms with Crippen LogP contribution >= 0.6 is 0 Å². The van der Waals surface area contributed by atoms with Crippen molar-refractivity contribution in [3.8, 4) is 0 Å². The summed E-state index contributed by atoms with van der Waals surface area (Å²) >= 11 is 0. The summed E-state index contributed by atoms with van der Waals surface area (Å²) in [6.45, 7) is 2.78. The number of carboxylic acid groups (broad SMARTS) is 2. The van der Waals surface area contributed by atoms with Crippen LogP contribution in [0.3, 0.4) is 0 Å². The molecule has 0 atom stereocenters. The van der Waals surface area contributed by atoms with Crippen LogP contribution in [-0.2, 0) is 11.3 Å². The number of rotatable bonds is 2.